The number of halogens is 1. The summed E-state index contributed by atoms with van der Waals surface area (Å²) >= 11 is 0. The van der Waals surface area contributed by atoms with Gasteiger partial charge in [0.1, 0.15) is 11.6 Å². The summed E-state index contributed by atoms with van der Waals surface area (Å²) in [5.74, 6) is -0.365. The van der Waals surface area contributed by atoms with E-state index in [0.29, 0.717) is 11.4 Å². The van der Waals surface area contributed by atoms with Crippen LogP contribution in [0.4, 0.5) is 15.8 Å². The molecule has 1 amide bonds. The topological polar surface area (TPSA) is 84.5 Å². The summed E-state index contributed by atoms with van der Waals surface area (Å²) in [6.45, 7) is 1.50. The van der Waals surface area contributed by atoms with Crippen molar-refractivity contribution in [1.82, 2.24) is 0 Å². The highest BCUT2D eigenvalue weighted by molar-refractivity contribution is 7.92. The smallest absolute Gasteiger partial charge is 0.262 e. The molecule has 0 saturated heterocycles. The molecule has 2 N–H and O–H groups in total. The number of para-hydroxylation sites is 1. The molecule has 0 aliphatic rings. The van der Waals surface area contributed by atoms with Gasteiger partial charge in [-0.25, -0.2) is 12.8 Å². The Morgan fingerprint density at radius 1 is 1.00 bits per heavy atom. The minimum atomic E-state index is -4.01. The number of aryl methyl sites for hydroxylation is 1. The maximum atomic E-state index is 13.3. The van der Waals surface area contributed by atoms with Crippen molar-refractivity contribution in [3.05, 3.63) is 83.7 Å². The van der Waals surface area contributed by atoms with E-state index >= 15 is 0 Å². The van der Waals surface area contributed by atoms with Crippen LogP contribution in [0.5, 0.6) is 5.75 Å². The van der Waals surface area contributed by atoms with Crippen molar-refractivity contribution in [2.75, 3.05) is 17.1 Å². The maximum absolute atomic E-state index is 13.3. The van der Waals surface area contributed by atoms with Gasteiger partial charge < -0.3 is 10.1 Å². The van der Waals surface area contributed by atoms with Crippen molar-refractivity contribution >= 4 is 27.3 Å². The summed E-state index contributed by atoms with van der Waals surface area (Å²) in [6.07, 6.45) is 0. The van der Waals surface area contributed by atoms with Crippen LogP contribution in [0.15, 0.2) is 71.6 Å². The highest BCUT2D eigenvalue weighted by atomic mass is 32.2. The SMILES string of the molecule is COc1ccc(NC(=O)c2ccccc2NS(=O)(=O)c2ccc(F)cc2C)cc1. The van der Waals surface area contributed by atoms with Gasteiger partial charge in [-0.3, -0.25) is 9.52 Å². The zero-order chi connectivity index (χ0) is 21.0. The molecule has 0 aliphatic heterocycles. The Morgan fingerprint density at radius 2 is 1.69 bits per heavy atom. The fraction of sp³-hybridized carbons (Fsp3) is 0.0952. The molecule has 6 nitrogen and oxygen atoms in total. The lowest BCUT2D eigenvalue weighted by atomic mass is 10.1. The molecule has 0 bridgehead atoms. The van der Waals surface area contributed by atoms with Gasteiger partial charge >= 0.3 is 0 Å². The number of sulfonamides is 1. The van der Waals surface area contributed by atoms with E-state index in [1.165, 1.54) is 25.1 Å². The molecule has 0 unspecified atom stereocenters. The van der Waals surface area contributed by atoms with E-state index in [1.54, 1.807) is 43.5 Å². The van der Waals surface area contributed by atoms with Crippen molar-refractivity contribution < 1.29 is 22.3 Å². The summed E-state index contributed by atoms with van der Waals surface area (Å²) in [5.41, 5.74) is 1.05. The van der Waals surface area contributed by atoms with Crippen LogP contribution in [-0.2, 0) is 10.0 Å². The van der Waals surface area contributed by atoms with Crippen molar-refractivity contribution in [1.29, 1.82) is 0 Å². The lowest BCUT2D eigenvalue weighted by Gasteiger charge is -2.14. The highest BCUT2D eigenvalue weighted by Crippen LogP contribution is 2.24. The lowest BCUT2D eigenvalue weighted by molar-refractivity contribution is 0.102. The van der Waals surface area contributed by atoms with Crippen LogP contribution in [0.3, 0.4) is 0 Å². The van der Waals surface area contributed by atoms with E-state index in [4.69, 9.17) is 4.74 Å². The van der Waals surface area contributed by atoms with Gasteiger partial charge in [-0.15, -0.1) is 0 Å². The Labute approximate surface area is 168 Å². The second-order valence-corrected chi connectivity index (χ2v) is 7.89. The van der Waals surface area contributed by atoms with Crippen LogP contribution in [0, 0.1) is 12.7 Å². The first-order valence-electron chi connectivity index (χ1n) is 8.63. The van der Waals surface area contributed by atoms with E-state index in [1.807, 2.05) is 0 Å². The molecule has 0 aromatic heterocycles. The molecule has 0 saturated carbocycles. The molecule has 0 aliphatic carbocycles. The molecule has 150 valence electrons. The Hall–Kier alpha value is -3.39. The number of ether oxygens (including phenoxy) is 1. The second kappa shape index (κ2) is 8.32. The third-order valence-electron chi connectivity index (χ3n) is 4.19. The second-order valence-electron chi connectivity index (χ2n) is 6.24. The third-order valence-corrected chi connectivity index (χ3v) is 5.72. The van der Waals surface area contributed by atoms with Gasteiger partial charge in [0.15, 0.2) is 0 Å². The summed E-state index contributed by atoms with van der Waals surface area (Å²) < 4.78 is 46.3. The largest absolute Gasteiger partial charge is 0.497 e. The van der Waals surface area contributed by atoms with Crippen molar-refractivity contribution in [3.8, 4) is 5.75 Å². The fourth-order valence-electron chi connectivity index (χ4n) is 2.76. The Kier molecular flexibility index (Phi) is 5.84. The van der Waals surface area contributed by atoms with Crippen LogP contribution in [0.2, 0.25) is 0 Å². The van der Waals surface area contributed by atoms with Gasteiger partial charge in [-0.1, -0.05) is 12.1 Å². The summed E-state index contributed by atoms with van der Waals surface area (Å²) in [7, 11) is -2.47. The number of rotatable bonds is 6. The fourth-order valence-corrected chi connectivity index (χ4v) is 4.06. The van der Waals surface area contributed by atoms with E-state index in [2.05, 4.69) is 10.0 Å². The molecule has 0 fully saturated rings. The van der Waals surface area contributed by atoms with Crippen LogP contribution < -0.4 is 14.8 Å². The number of amides is 1. The minimum absolute atomic E-state index is 0.0655. The minimum Gasteiger partial charge on any atom is -0.497 e. The molecule has 8 heteroatoms. The first kappa shape index (κ1) is 20.3. The molecule has 3 aromatic carbocycles. The van der Waals surface area contributed by atoms with Gasteiger partial charge in [-0.2, -0.15) is 0 Å². The molecular weight excluding hydrogens is 395 g/mol. The third kappa shape index (κ3) is 4.72. The van der Waals surface area contributed by atoms with Crippen LogP contribution >= 0.6 is 0 Å². The average Bonchev–Trinajstić information content (AvgIpc) is 2.68. The molecule has 0 heterocycles. The van der Waals surface area contributed by atoms with Crippen LogP contribution in [-0.4, -0.2) is 21.4 Å². The van der Waals surface area contributed by atoms with Gasteiger partial charge in [0, 0.05) is 5.69 Å². The molecule has 0 atom stereocenters. The van der Waals surface area contributed by atoms with Crippen molar-refractivity contribution in [2.24, 2.45) is 0 Å². The normalized spacial score (nSPS) is 11.0. The first-order valence-corrected chi connectivity index (χ1v) is 10.1. The number of anilines is 2. The standard InChI is InChI=1S/C21H19FN2O4S/c1-14-13-15(22)7-12-20(14)29(26,27)24-19-6-4-3-5-18(19)21(25)23-16-8-10-17(28-2)11-9-16/h3-13,24H,1-2H3,(H,23,25). The lowest BCUT2D eigenvalue weighted by Crippen LogP contribution is -2.19. The van der Waals surface area contributed by atoms with E-state index in [-0.39, 0.29) is 21.7 Å². The molecule has 29 heavy (non-hydrogen) atoms. The zero-order valence-electron chi connectivity index (χ0n) is 15.8. The predicted molar refractivity (Wildman–Crippen MR) is 109 cm³/mol. The van der Waals surface area contributed by atoms with Crippen LogP contribution in [0.25, 0.3) is 0 Å². The molecular formula is C21H19FN2O4S. The Balaban J connectivity index is 1.87. The van der Waals surface area contributed by atoms with Gasteiger partial charge in [-0.05, 0) is 67.1 Å². The number of hydrogen-bond donors (Lipinski definition) is 2. The number of carbonyl (C=O) groups is 1. The first-order chi connectivity index (χ1) is 13.8. The summed E-state index contributed by atoms with van der Waals surface area (Å²) in [6, 6.07) is 16.4. The number of nitrogens with one attached hydrogen (secondary N) is 2. The summed E-state index contributed by atoms with van der Waals surface area (Å²) in [4.78, 5) is 12.6. The molecule has 3 rings (SSSR count). The quantitative estimate of drug-likeness (QED) is 0.633. The number of hydrogen-bond acceptors (Lipinski definition) is 4. The predicted octanol–water partition coefficient (Wildman–Crippen LogP) is 4.20. The van der Waals surface area contributed by atoms with Gasteiger partial charge in [0.25, 0.3) is 15.9 Å². The van der Waals surface area contributed by atoms with Crippen LogP contribution in [0.1, 0.15) is 15.9 Å². The Bertz CT molecular complexity index is 1150. The molecule has 0 radical (unpaired) electrons. The molecule has 3 aromatic rings. The average molecular weight is 414 g/mol. The van der Waals surface area contributed by atoms with Gasteiger partial charge in [0.2, 0.25) is 0 Å². The van der Waals surface area contributed by atoms with Crippen molar-refractivity contribution in [3.63, 3.8) is 0 Å². The van der Waals surface area contributed by atoms with E-state index in [9.17, 15) is 17.6 Å². The summed E-state index contributed by atoms with van der Waals surface area (Å²) in [5, 5.41) is 2.72. The number of carbonyl (C=O) groups excluding carboxylic acids is 1. The number of methoxy groups -OCH3 is 1. The number of benzene rings is 3. The maximum Gasteiger partial charge on any atom is 0.262 e. The molecule has 0 spiro atoms. The van der Waals surface area contributed by atoms with Gasteiger partial charge in [0.05, 0.1) is 23.3 Å². The van der Waals surface area contributed by atoms with Crippen molar-refractivity contribution in [2.45, 2.75) is 11.8 Å². The van der Waals surface area contributed by atoms with E-state index < -0.39 is 21.7 Å². The Morgan fingerprint density at radius 3 is 2.34 bits per heavy atom. The van der Waals surface area contributed by atoms with E-state index in [0.717, 1.165) is 12.1 Å². The monoisotopic (exact) mass is 414 g/mol. The zero-order valence-corrected chi connectivity index (χ0v) is 16.6. The highest BCUT2D eigenvalue weighted by Gasteiger charge is 2.20.